The molecule has 4 atom stereocenters. The van der Waals surface area contributed by atoms with E-state index in [-0.39, 0.29) is 41.2 Å². The Morgan fingerprint density at radius 2 is 1.67 bits per heavy atom. The minimum absolute atomic E-state index is 0.0141. The molecule has 5 nitrogen and oxygen atoms in total. The van der Waals surface area contributed by atoms with E-state index < -0.39 is 0 Å². The summed E-state index contributed by atoms with van der Waals surface area (Å²) in [5.41, 5.74) is 0.424. The number of hydrogen-bond acceptors (Lipinski definition) is 4. The van der Waals surface area contributed by atoms with Gasteiger partial charge < -0.3 is 5.11 Å². The minimum atomic E-state index is -0.277. The molecule has 124 valence electrons. The fourth-order valence-electron chi connectivity index (χ4n) is 3.98. The van der Waals surface area contributed by atoms with E-state index in [4.69, 9.17) is 0 Å². The fourth-order valence-corrected chi connectivity index (χ4v) is 5.23. The highest BCUT2D eigenvalue weighted by atomic mass is 79.9. The SMILES string of the molecule is O=C1[C@@H]2[C@@H](C(=O)N1/N=C\c1cc(Br)cc(Br)c1O)[C@H]1C=C[C@H]2CC1. The molecule has 0 aromatic heterocycles. The number of halogens is 2. The number of phenolic OH excluding ortho intramolecular Hbond substituents is 1. The monoisotopic (exact) mass is 452 g/mol. The number of carbonyl (C=O) groups is 2. The molecular weight excluding hydrogens is 440 g/mol. The van der Waals surface area contributed by atoms with Crippen molar-refractivity contribution in [1.82, 2.24) is 5.01 Å². The van der Waals surface area contributed by atoms with Gasteiger partial charge in [0.1, 0.15) is 5.75 Å². The summed E-state index contributed by atoms with van der Waals surface area (Å²) in [6.45, 7) is 0. The van der Waals surface area contributed by atoms with Crippen molar-refractivity contribution >= 4 is 49.9 Å². The van der Waals surface area contributed by atoms with Gasteiger partial charge in [-0.1, -0.05) is 28.1 Å². The van der Waals surface area contributed by atoms with Gasteiger partial charge in [0.05, 0.1) is 22.5 Å². The lowest BCUT2D eigenvalue weighted by Gasteiger charge is -2.37. The van der Waals surface area contributed by atoms with Crippen LogP contribution >= 0.6 is 31.9 Å². The highest BCUT2D eigenvalue weighted by Gasteiger charge is 2.56. The Morgan fingerprint density at radius 3 is 2.21 bits per heavy atom. The number of phenols is 1. The van der Waals surface area contributed by atoms with Crippen LogP contribution in [0.3, 0.4) is 0 Å². The predicted octanol–water partition coefficient (Wildman–Crippen LogP) is 3.45. The van der Waals surface area contributed by atoms with Crippen LogP contribution in [-0.4, -0.2) is 28.1 Å². The van der Waals surface area contributed by atoms with Gasteiger partial charge in [-0.3, -0.25) is 9.59 Å². The van der Waals surface area contributed by atoms with Gasteiger partial charge in [0.15, 0.2) is 0 Å². The number of aromatic hydroxyl groups is 1. The van der Waals surface area contributed by atoms with Crippen molar-refractivity contribution in [2.24, 2.45) is 28.8 Å². The first-order valence-corrected chi connectivity index (χ1v) is 9.34. The first kappa shape index (κ1) is 16.0. The van der Waals surface area contributed by atoms with E-state index in [1.807, 2.05) is 0 Å². The maximum absolute atomic E-state index is 12.7. The van der Waals surface area contributed by atoms with E-state index in [0.717, 1.165) is 22.3 Å². The quantitative estimate of drug-likeness (QED) is 0.423. The van der Waals surface area contributed by atoms with Crippen LogP contribution in [0.1, 0.15) is 18.4 Å². The van der Waals surface area contributed by atoms with Crippen molar-refractivity contribution in [2.75, 3.05) is 0 Å². The second kappa shape index (κ2) is 5.81. The average Bonchev–Trinajstić information content (AvgIpc) is 2.84. The molecule has 2 fully saturated rings. The molecule has 1 aromatic carbocycles. The predicted molar refractivity (Wildman–Crippen MR) is 95.3 cm³/mol. The zero-order chi connectivity index (χ0) is 17.0. The molecule has 5 rings (SSSR count). The van der Waals surface area contributed by atoms with Gasteiger partial charge in [-0.2, -0.15) is 10.1 Å². The summed E-state index contributed by atoms with van der Waals surface area (Å²) in [4.78, 5) is 25.3. The Bertz CT molecular complexity index is 773. The smallest absolute Gasteiger partial charge is 0.254 e. The van der Waals surface area contributed by atoms with Crippen molar-refractivity contribution in [3.05, 3.63) is 38.8 Å². The molecule has 0 unspecified atom stereocenters. The lowest BCUT2D eigenvalue weighted by Crippen LogP contribution is -2.38. The molecule has 7 heteroatoms. The topological polar surface area (TPSA) is 70.0 Å². The third-order valence-corrected chi connectivity index (χ3v) is 6.17. The minimum Gasteiger partial charge on any atom is -0.506 e. The standard InChI is InChI=1S/C17H14Br2N2O3/c18-11-5-10(15(22)12(19)6-11)7-20-21-16(23)13-8-1-2-9(4-3-8)14(13)17(21)24/h1-2,5-9,13-14,22H,3-4H2/b20-7-/t8-,9-,13-,14-/m0/s1. The third kappa shape index (κ3) is 2.37. The summed E-state index contributed by atoms with van der Waals surface area (Å²) in [5, 5.41) is 15.2. The summed E-state index contributed by atoms with van der Waals surface area (Å²) >= 11 is 6.59. The number of nitrogens with zero attached hydrogens (tertiary/aromatic N) is 2. The van der Waals surface area contributed by atoms with Crippen LogP contribution < -0.4 is 0 Å². The molecule has 1 saturated heterocycles. The number of imide groups is 1. The molecule has 1 saturated carbocycles. The molecular formula is C17H14Br2N2O3. The number of amides is 2. The summed E-state index contributed by atoms with van der Waals surface area (Å²) < 4.78 is 1.26. The molecule has 4 aliphatic rings. The summed E-state index contributed by atoms with van der Waals surface area (Å²) in [7, 11) is 0. The van der Waals surface area contributed by atoms with E-state index in [2.05, 4.69) is 49.1 Å². The largest absolute Gasteiger partial charge is 0.506 e. The number of fused-ring (bicyclic) bond motifs is 1. The van der Waals surface area contributed by atoms with Crippen LogP contribution in [-0.2, 0) is 9.59 Å². The molecule has 0 radical (unpaired) electrons. The van der Waals surface area contributed by atoms with Crippen molar-refractivity contribution in [3.63, 3.8) is 0 Å². The molecule has 1 N–H and O–H groups in total. The van der Waals surface area contributed by atoms with Crippen molar-refractivity contribution < 1.29 is 14.7 Å². The molecule has 2 amide bonds. The number of carbonyl (C=O) groups excluding carboxylic acids is 2. The third-order valence-electron chi connectivity index (χ3n) is 5.11. The number of rotatable bonds is 2. The van der Waals surface area contributed by atoms with Crippen LogP contribution in [0.2, 0.25) is 0 Å². The van der Waals surface area contributed by atoms with Gasteiger partial charge >= 0.3 is 0 Å². The fraction of sp³-hybridized carbons (Fsp3) is 0.353. The Morgan fingerprint density at radius 1 is 1.08 bits per heavy atom. The van der Waals surface area contributed by atoms with Crippen LogP contribution in [0.25, 0.3) is 0 Å². The second-order valence-corrected chi connectivity index (χ2v) is 8.17. The van der Waals surface area contributed by atoms with E-state index >= 15 is 0 Å². The van der Waals surface area contributed by atoms with Gasteiger partial charge in [0, 0.05) is 10.0 Å². The Labute approximate surface area is 155 Å². The van der Waals surface area contributed by atoms with E-state index in [1.54, 1.807) is 12.1 Å². The van der Waals surface area contributed by atoms with Gasteiger partial charge in [0.2, 0.25) is 0 Å². The molecule has 0 spiro atoms. The summed E-state index contributed by atoms with van der Waals surface area (Å²) in [5.74, 6) is -0.708. The van der Waals surface area contributed by atoms with Gasteiger partial charge in [-0.15, -0.1) is 0 Å². The van der Waals surface area contributed by atoms with Crippen molar-refractivity contribution in [3.8, 4) is 5.75 Å². The average molecular weight is 454 g/mol. The summed E-state index contributed by atoms with van der Waals surface area (Å²) in [6.07, 6.45) is 7.42. The lowest BCUT2D eigenvalue weighted by molar-refractivity contribution is -0.140. The number of allylic oxidation sites excluding steroid dienone is 2. The van der Waals surface area contributed by atoms with Gasteiger partial charge in [-0.25, -0.2) is 0 Å². The first-order chi connectivity index (χ1) is 11.5. The van der Waals surface area contributed by atoms with Crippen molar-refractivity contribution in [1.29, 1.82) is 0 Å². The van der Waals surface area contributed by atoms with Gasteiger partial charge in [-0.05, 0) is 52.7 Å². The molecule has 3 aliphatic carbocycles. The Balaban J connectivity index is 1.64. The van der Waals surface area contributed by atoms with Crippen LogP contribution in [0.4, 0.5) is 0 Å². The lowest BCUT2D eigenvalue weighted by atomic mass is 9.63. The maximum Gasteiger partial charge on any atom is 0.254 e. The van der Waals surface area contributed by atoms with Crippen molar-refractivity contribution in [2.45, 2.75) is 12.8 Å². The highest BCUT2D eigenvalue weighted by Crippen LogP contribution is 2.49. The highest BCUT2D eigenvalue weighted by molar-refractivity contribution is 9.11. The first-order valence-electron chi connectivity index (χ1n) is 7.75. The normalized spacial score (nSPS) is 31.3. The number of hydrogen-bond donors (Lipinski definition) is 1. The Kier molecular flexibility index (Phi) is 3.88. The zero-order valence-corrected chi connectivity index (χ0v) is 15.7. The zero-order valence-electron chi connectivity index (χ0n) is 12.5. The molecule has 1 heterocycles. The maximum atomic E-state index is 12.7. The Hall–Kier alpha value is -1.47. The van der Waals surface area contributed by atoms with Crippen LogP contribution in [0.5, 0.6) is 5.75 Å². The van der Waals surface area contributed by atoms with Gasteiger partial charge in [0.25, 0.3) is 11.8 Å². The number of benzene rings is 1. The molecule has 1 aromatic rings. The molecule has 24 heavy (non-hydrogen) atoms. The van der Waals surface area contributed by atoms with E-state index in [9.17, 15) is 14.7 Å². The van der Waals surface area contributed by atoms with E-state index in [1.165, 1.54) is 6.21 Å². The molecule has 2 bridgehead atoms. The van der Waals surface area contributed by atoms with Crippen LogP contribution in [0, 0.1) is 23.7 Å². The van der Waals surface area contributed by atoms with Crippen LogP contribution in [0.15, 0.2) is 38.3 Å². The van der Waals surface area contributed by atoms with E-state index in [0.29, 0.717) is 10.0 Å². The molecule has 1 aliphatic heterocycles. The number of hydrazone groups is 1. The second-order valence-electron chi connectivity index (χ2n) is 6.40. The summed E-state index contributed by atoms with van der Waals surface area (Å²) in [6, 6.07) is 3.38.